The van der Waals surface area contributed by atoms with Crippen molar-refractivity contribution in [1.82, 2.24) is 9.55 Å². The second-order valence-corrected chi connectivity index (χ2v) is 5.77. The lowest BCUT2D eigenvalue weighted by atomic mass is 10.2. The number of nitrogens with zero attached hydrogens (tertiary/aromatic N) is 2. The summed E-state index contributed by atoms with van der Waals surface area (Å²) in [6.07, 6.45) is -0.588. The van der Waals surface area contributed by atoms with Crippen molar-refractivity contribution >= 4 is 27.0 Å². The summed E-state index contributed by atoms with van der Waals surface area (Å²) in [7, 11) is 0. The number of fused-ring (bicyclic) bond motifs is 1. The first-order valence-corrected chi connectivity index (χ1v) is 7.32. The highest BCUT2D eigenvalue weighted by atomic mass is 79.9. The molecular formula is C16H15BrN2O. The first-order valence-electron chi connectivity index (χ1n) is 6.53. The van der Waals surface area contributed by atoms with Crippen molar-refractivity contribution < 1.29 is 5.11 Å². The van der Waals surface area contributed by atoms with E-state index in [9.17, 15) is 5.11 Å². The van der Waals surface area contributed by atoms with Crippen LogP contribution in [0.4, 0.5) is 0 Å². The molecule has 0 saturated carbocycles. The lowest BCUT2D eigenvalue weighted by molar-refractivity contribution is 0.185. The van der Waals surface area contributed by atoms with Gasteiger partial charge in [0.2, 0.25) is 0 Å². The van der Waals surface area contributed by atoms with Crippen LogP contribution in [0.1, 0.15) is 24.4 Å². The van der Waals surface area contributed by atoms with Crippen molar-refractivity contribution in [3.63, 3.8) is 0 Å². The molecule has 102 valence electrons. The summed E-state index contributed by atoms with van der Waals surface area (Å²) < 4.78 is 3.12. The zero-order valence-corrected chi connectivity index (χ0v) is 12.7. The Bertz CT molecular complexity index is 749. The Kier molecular flexibility index (Phi) is 3.59. The summed E-state index contributed by atoms with van der Waals surface area (Å²) in [6.45, 7) is 2.44. The summed E-state index contributed by atoms with van der Waals surface area (Å²) >= 11 is 3.49. The Morgan fingerprint density at radius 1 is 1.20 bits per heavy atom. The van der Waals surface area contributed by atoms with Gasteiger partial charge in [-0.1, -0.05) is 40.2 Å². The largest absolute Gasteiger partial charge is 0.385 e. The number of hydrogen-bond donors (Lipinski definition) is 1. The third-order valence-corrected chi connectivity index (χ3v) is 3.78. The van der Waals surface area contributed by atoms with E-state index in [1.165, 1.54) is 5.56 Å². The van der Waals surface area contributed by atoms with Gasteiger partial charge in [-0.2, -0.15) is 0 Å². The number of hydrogen-bond acceptors (Lipinski definition) is 2. The molecule has 0 saturated heterocycles. The molecule has 0 amide bonds. The number of aliphatic hydroxyl groups excluding tert-OH is 1. The van der Waals surface area contributed by atoms with Crippen molar-refractivity contribution in [2.45, 2.75) is 19.6 Å². The third kappa shape index (κ3) is 2.49. The molecule has 1 atom stereocenters. The van der Waals surface area contributed by atoms with E-state index < -0.39 is 6.10 Å². The zero-order chi connectivity index (χ0) is 14.1. The van der Waals surface area contributed by atoms with Gasteiger partial charge in [0, 0.05) is 11.0 Å². The highest BCUT2D eigenvalue weighted by Gasteiger charge is 2.14. The van der Waals surface area contributed by atoms with E-state index >= 15 is 0 Å². The first kappa shape index (κ1) is 13.3. The fourth-order valence-corrected chi connectivity index (χ4v) is 2.84. The predicted molar refractivity (Wildman–Crippen MR) is 83.6 cm³/mol. The van der Waals surface area contributed by atoms with Gasteiger partial charge in [0.05, 0.1) is 11.0 Å². The smallest absolute Gasteiger partial charge is 0.138 e. The predicted octanol–water partition coefficient (Wildman–Crippen LogP) is 3.90. The quantitative estimate of drug-likeness (QED) is 0.790. The van der Waals surface area contributed by atoms with Crippen LogP contribution in [0.2, 0.25) is 0 Å². The molecule has 20 heavy (non-hydrogen) atoms. The molecule has 0 bridgehead atoms. The SMILES string of the molecule is C[C@H](O)c1nc2ccccc2n1Cc1cccc(Br)c1. The Hall–Kier alpha value is -1.65. The van der Waals surface area contributed by atoms with E-state index in [1.807, 2.05) is 36.4 Å². The van der Waals surface area contributed by atoms with Crippen LogP contribution in [0.15, 0.2) is 53.0 Å². The highest BCUT2D eigenvalue weighted by Crippen LogP contribution is 2.22. The van der Waals surface area contributed by atoms with Crippen LogP contribution in [-0.4, -0.2) is 14.7 Å². The number of imidazole rings is 1. The fourth-order valence-electron chi connectivity index (χ4n) is 2.40. The van der Waals surface area contributed by atoms with E-state index in [0.29, 0.717) is 12.4 Å². The minimum atomic E-state index is -0.588. The molecular weight excluding hydrogens is 316 g/mol. The molecule has 0 fully saturated rings. The van der Waals surface area contributed by atoms with Gasteiger partial charge in [-0.3, -0.25) is 0 Å². The number of aromatic nitrogens is 2. The number of benzene rings is 2. The monoisotopic (exact) mass is 330 g/mol. The van der Waals surface area contributed by atoms with Crippen LogP contribution in [0.3, 0.4) is 0 Å². The molecule has 0 aliphatic heterocycles. The molecule has 0 unspecified atom stereocenters. The fraction of sp³-hybridized carbons (Fsp3) is 0.188. The van der Waals surface area contributed by atoms with E-state index in [1.54, 1.807) is 6.92 Å². The Morgan fingerprint density at radius 3 is 2.75 bits per heavy atom. The van der Waals surface area contributed by atoms with Crippen LogP contribution in [0, 0.1) is 0 Å². The molecule has 0 aliphatic rings. The van der Waals surface area contributed by atoms with Crippen LogP contribution in [0.25, 0.3) is 11.0 Å². The molecule has 1 aromatic heterocycles. The zero-order valence-electron chi connectivity index (χ0n) is 11.1. The van der Waals surface area contributed by atoms with Gasteiger partial charge in [0.15, 0.2) is 0 Å². The molecule has 4 heteroatoms. The topological polar surface area (TPSA) is 38.1 Å². The molecule has 1 heterocycles. The van der Waals surface area contributed by atoms with Gasteiger partial charge in [-0.15, -0.1) is 0 Å². The van der Waals surface area contributed by atoms with Crippen LogP contribution < -0.4 is 0 Å². The number of para-hydroxylation sites is 2. The van der Waals surface area contributed by atoms with Gasteiger partial charge < -0.3 is 9.67 Å². The van der Waals surface area contributed by atoms with Crippen LogP contribution in [-0.2, 0) is 6.54 Å². The maximum atomic E-state index is 9.95. The van der Waals surface area contributed by atoms with Crippen molar-refractivity contribution in [3.8, 4) is 0 Å². The summed E-state index contributed by atoms with van der Waals surface area (Å²) in [5, 5.41) is 9.95. The van der Waals surface area contributed by atoms with Gasteiger partial charge in [-0.05, 0) is 36.8 Å². The minimum Gasteiger partial charge on any atom is -0.385 e. The van der Waals surface area contributed by atoms with Gasteiger partial charge in [-0.25, -0.2) is 4.98 Å². The second kappa shape index (κ2) is 5.38. The van der Waals surface area contributed by atoms with Gasteiger partial charge in [0.25, 0.3) is 0 Å². The maximum absolute atomic E-state index is 9.95. The average Bonchev–Trinajstić information content (AvgIpc) is 2.78. The molecule has 3 nitrogen and oxygen atoms in total. The maximum Gasteiger partial charge on any atom is 0.138 e. The molecule has 3 rings (SSSR count). The Morgan fingerprint density at radius 2 is 2.00 bits per heavy atom. The Labute approximate surface area is 126 Å². The highest BCUT2D eigenvalue weighted by molar-refractivity contribution is 9.10. The number of halogens is 1. The summed E-state index contributed by atoms with van der Waals surface area (Å²) in [5.41, 5.74) is 3.13. The van der Waals surface area contributed by atoms with E-state index in [4.69, 9.17) is 0 Å². The average molecular weight is 331 g/mol. The van der Waals surface area contributed by atoms with E-state index in [-0.39, 0.29) is 0 Å². The van der Waals surface area contributed by atoms with Crippen LogP contribution >= 0.6 is 15.9 Å². The summed E-state index contributed by atoms with van der Waals surface area (Å²) in [4.78, 5) is 4.53. The van der Waals surface area contributed by atoms with E-state index in [2.05, 4.69) is 37.6 Å². The van der Waals surface area contributed by atoms with Crippen molar-refractivity contribution in [2.75, 3.05) is 0 Å². The number of aliphatic hydroxyl groups is 1. The lowest BCUT2D eigenvalue weighted by Gasteiger charge is -2.11. The summed E-state index contributed by atoms with van der Waals surface area (Å²) in [6, 6.07) is 16.1. The van der Waals surface area contributed by atoms with Gasteiger partial charge >= 0.3 is 0 Å². The van der Waals surface area contributed by atoms with Crippen LogP contribution in [0.5, 0.6) is 0 Å². The van der Waals surface area contributed by atoms with Crippen molar-refractivity contribution in [2.24, 2.45) is 0 Å². The molecule has 1 N–H and O–H groups in total. The molecule has 0 spiro atoms. The van der Waals surface area contributed by atoms with Crippen molar-refractivity contribution in [3.05, 3.63) is 64.4 Å². The normalized spacial score (nSPS) is 12.8. The molecule has 2 aromatic carbocycles. The molecule has 3 aromatic rings. The second-order valence-electron chi connectivity index (χ2n) is 4.85. The Balaban J connectivity index is 2.11. The number of rotatable bonds is 3. The minimum absolute atomic E-state index is 0.588. The third-order valence-electron chi connectivity index (χ3n) is 3.29. The molecule has 0 aliphatic carbocycles. The lowest BCUT2D eigenvalue weighted by Crippen LogP contribution is -2.07. The van der Waals surface area contributed by atoms with Gasteiger partial charge in [0.1, 0.15) is 11.9 Å². The summed E-state index contributed by atoms with van der Waals surface area (Å²) in [5.74, 6) is 0.700. The molecule has 0 radical (unpaired) electrons. The first-order chi connectivity index (χ1) is 9.65. The standard InChI is InChI=1S/C16H15BrN2O/c1-11(20)16-18-14-7-2-3-8-15(14)19(16)10-12-5-4-6-13(17)9-12/h2-9,11,20H,10H2,1H3/t11-/m0/s1. The van der Waals surface area contributed by atoms with E-state index in [0.717, 1.165) is 15.5 Å². The van der Waals surface area contributed by atoms with Crippen molar-refractivity contribution in [1.29, 1.82) is 0 Å².